The van der Waals surface area contributed by atoms with Gasteiger partial charge in [0.2, 0.25) is 5.76 Å². The maximum absolute atomic E-state index is 12.2. The van der Waals surface area contributed by atoms with Gasteiger partial charge in [0.1, 0.15) is 11.0 Å². The van der Waals surface area contributed by atoms with Crippen molar-refractivity contribution in [1.29, 1.82) is 5.26 Å². The van der Waals surface area contributed by atoms with Crippen LogP contribution in [-0.4, -0.2) is 18.5 Å². The van der Waals surface area contributed by atoms with Gasteiger partial charge in [-0.3, -0.25) is 4.79 Å². The fourth-order valence-corrected chi connectivity index (χ4v) is 3.12. The normalized spacial score (nSPS) is 10.4. The number of esters is 1. The van der Waals surface area contributed by atoms with Crippen LogP contribution in [-0.2, 0) is 9.53 Å². The number of aryl methyl sites for hydroxylation is 2. The lowest BCUT2D eigenvalue weighted by Crippen LogP contribution is -2.21. The molecule has 136 valence electrons. The number of fused-ring (bicyclic) bond motifs is 1. The number of anilines is 1. The average molecular weight is 380 g/mol. The minimum absolute atomic E-state index is 0.0954. The number of nitrogens with one attached hydrogen (secondary N) is 1. The zero-order valence-electron chi connectivity index (χ0n) is 14.7. The molecule has 3 aromatic rings. The van der Waals surface area contributed by atoms with Gasteiger partial charge < -0.3 is 14.5 Å². The van der Waals surface area contributed by atoms with Crippen LogP contribution in [0.2, 0.25) is 0 Å². The molecule has 0 unspecified atom stereocenters. The Hall–Kier alpha value is -3.24. The highest BCUT2D eigenvalue weighted by atomic mass is 32.2. The molecule has 1 N–H and O–H groups in total. The van der Waals surface area contributed by atoms with Gasteiger partial charge in [0.05, 0.1) is 0 Å². The van der Waals surface area contributed by atoms with E-state index in [4.69, 9.17) is 14.4 Å². The molecule has 6 nitrogen and oxygen atoms in total. The number of thiocyanates is 1. The van der Waals surface area contributed by atoms with Crippen LogP contribution in [0.15, 0.2) is 51.8 Å². The molecule has 0 aliphatic carbocycles. The van der Waals surface area contributed by atoms with Gasteiger partial charge in [-0.15, -0.1) is 0 Å². The zero-order valence-corrected chi connectivity index (χ0v) is 15.6. The number of carbonyl (C=O) groups excluding carboxylic acids is 2. The summed E-state index contributed by atoms with van der Waals surface area (Å²) in [5.74, 6) is -1.05. The number of thioether (sulfide) groups is 1. The molecular weight excluding hydrogens is 364 g/mol. The fourth-order valence-electron chi connectivity index (χ4n) is 2.64. The molecule has 27 heavy (non-hydrogen) atoms. The van der Waals surface area contributed by atoms with Gasteiger partial charge in [0.25, 0.3) is 5.91 Å². The number of hydrogen-bond acceptors (Lipinski definition) is 6. The van der Waals surface area contributed by atoms with Crippen molar-refractivity contribution in [3.8, 4) is 5.40 Å². The summed E-state index contributed by atoms with van der Waals surface area (Å²) >= 11 is 1.04. The predicted octanol–water partition coefficient (Wildman–Crippen LogP) is 4.42. The smallest absolute Gasteiger partial charge is 0.375 e. The Morgan fingerprint density at radius 2 is 2.00 bits per heavy atom. The van der Waals surface area contributed by atoms with E-state index >= 15 is 0 Å². The number of nitriles is 1. The minimum atomic E-state index is -0.684. The van der Waals surface area contributed by atoms with Crippen molar-refractivity contribution in [3.05, 3.63) is 59.4 Å². The highest BCUT2D eigenvalue weighted by Crippen LogP contribution is 2.26. The summed E-state index contributed by atoms with van der Waals surface area (Å²) in [6.45, 7) is 3.16. The molecule has 0 fully saturated rings. The first kappa shape index (κ1) is 18.5. The van der Waals surface area contributed by atoms with E-state index in [0.29, 0.717) is 16.8 Å². The number of benzene rings is 2. The number of ether oxygens (including phenoxy) is 1. The predicted molar refractivity (Wildman–Crippen MR) is 103 cm³/mol. The Morgan fingerprint density at radius 3 is 2.70 bits per heavy atom. The molecule has 2 aromatic carbocycles. The van der Waals surface area contributed by atoms with Crippen molar-refractivity contribution in [1.82, 2.24) is 0 Å². The van der Waals surface area contributed by atoms with E-state index in [1.807, 2.05) is 30.5 Å². The fraction of sp³-hybridized carbons (Fsp3) is 0.150. The number of amides is 1. The molecule has 3 rings (SSSR count). The molecule has 0 atom stereocenters. The molecule has 0 bridgehead atoms. The second kappa shape index (κ2) is 7.98. The second-order valence-corrected chi connectivity index (χ2v) is 6.70. The number of rotatable bonds is 5. The van der Waals surface area contributed by atoms with Crippen molar-refractivity contribution in [2.45, 2.75) is 18.7 Å². The third-order valence-corrected chi connectivity index (χ3v) is 4.58. The Kier molecular flexibility index (Phi) is 5.48. The topological polar surface area (TPSA) is 92.3 Å². The zero-order chi connectivity index (χ0) is 19.4. The van der Waals surface area contributed by atoms with Gasteiger partial charge in [-0.1, -0.05) is 18.2 Å². The molecule has 7 heteroatoms. The third-order valence-electron chi connectivity index (χ3n) is 4.00. The van der Waals surface area contributed by atoms with E-state index in [1.165, 1.54) is 0 Å². The molecule has 0 radical (unpaired) electrons. The average Bonchev–Trinajstić information content (AvgIpc) is 2.99. The number of carbonyl (C=O) groups is 2. The van der Waals surface area contributed by atoms with Crippen LogP contribution < -0.4 is 5.32 Å². The quantitative estimate of drug-likeness (QED) is 0.400. The lowest BCUT2D eigenvalue weighted by molar-refractivity contribution is -0.119. The Morgan fingerprint density at radius 1 is 1.22 bits per heavy atom. The first-order chi connectivity index (χ1) is 13.0. The molecule has 0 aliphatic heterocycles. The standard InChI is InChI=1S/C20H16N2O4S/c1-12-9-14(27-11-21)7-8-16(12)22-18(23)10-25-20(24)19-13(2)15-5-3-4-6-17(15)26-19/h3-9H,10H2,1-2H3,(H,22,23). The van der Waals surface area contributed by atoms with Gasteiger partial charge >= 0.3 is 5.97 Å². The first-order valence-electron chi connectivity index (χ1n) is 8.11. The van der Waals surface area contributed by atoms with Gasteiger partial charge in [0.15, 0.2) is 6.61 Å². The van der Waals surface area contributed by atoms with Gasteiger partial charge in [-0.25, -0.2) is 4.79 Å². The van der Waals surface area contributed by atoms with Crippen LogP contribution in [0.4, 0.5) is 5.69 Å². The summed E-state index contributed by atoms with van der Waals surface area (Å²) < 4.78 is 10.6. The molecule has 0 spiro atoms. The molecule has 1 aromatic heterocycles. The monoisotopic (exact) mass is 380 g/mol. The lowest BCUT2D eigenvalue weighted by Gasteiger charge is -2.09. The Bertz CT molecular complexity index is 1070. The Balaban J connectivity index is 1.62. The summed E-state index contributed by atoms with van der Waals surface area (Å²) in [6, 6.07) is 12.5. The van der Waals surface area contributed by atoms with Gasteiger partial charge in [-0.2, -0.15) is 5.26 Å². The number of para-hydroxylation sites is 1. The largest absolute Gasteiger partial charge is 0.450 e. The van der Waals surface area contributed by atoms with Crippen LogP contribution in [0.5, 0.6) is 0 Å². The van der Waals surface area contributed by atoms with Gasteiger partial charge in [-0.05, 0) is 55.4 Å². The van der Waals surface area contributed by atoms with Crippen LogP contribution >= 0.6 is 11.8 Å². The number of nitrogens with zero attached hydrogens (tertiary/aromatic N) is 1. The van der Waals surface area contributed by atoms with Gasteiger partial charge in [0, 0.05) is 21.5 Å². The molecule has 1 amide bonds. The summed E-state index contributed by atoms with van der Waals surface area (Å²) in [4.78, 5) is 25.1. The van der Waals surface area contributed by atoms with Crippen LogP contribution in [0, 0.1) is 24.5 Å². The summed E-state index contributed by atoms with van der Waals surface area (Å²) in [5, 5.41) is 14.2. The molecule has 0 saturated carbocycles. The second-order valence-electron chi connectivity index (χ2n) is 5.85. The van der Waals surface area contributed by atoms with Crippen molar-refractivity contribution in [3.63, 3.8) is 0 Å². The number of hydrogen-bond donors (Lipinski definition) is 1. The molecule has 0 saturated heterocycles. The van der Waals surface area contributed by atoms with E-state index < -0.39 is 18.5 Å². The molecule has 1 heterocycles. The van der Waals surface area contributed by atoms with E-state index in [0.717, 1.165) is 27.6 Å². The maximum Gasteiger partial charge on any atom is 0.375 e. The Labute approximate surface area is 160 Å². The summed E-state index contributed by atoms with van der Waals surface area (Å²) in [6.07, 6.45) is 0. The highest BCUT2D eigenvalue weighted by molar-refractivity contribution is 8.03. The van der Waals surface area contributed by atoms with Crippen molar-refractivity contribution < 1.29 is 18.7 Å². The van der Waals surface area contributed by atoms with Crippen molar-refractivity contribution >= 4 is 40.3 Å². The van der Waals surface area contributed by atoms with E-state index in [9.17, 15) is 9.59 Å². The summed E-state index contributed by atoms with van der Waals surface area (Å²) in [5.41, 5.74) is 2.68. The summed E-state index contributed by atoms with van der Waals surface area (Å²) in [7, 11) is 0. The van der Waals surface area contributed by atoms with Crippen LogP contribution in [0.3, 0.4) is 0 Å². The van der Waals surface area contributed by atoms with E-state index in [2.05, 4.69) is 5.32 Å². The lowest BCUT2D eigenvalue weighted by atomic mass is 10.1. The van der Waals surface area contributed by atoms with Crippen LogP contribution in [0.1, 0.15) is 21.7 Å². The third kappa shape index (κ3) is 4.13. The van der Waals surface area contributed by atoms with Crippen LogP contribution in [0.25, 0.3) is 11.0 Å². The minimum Gasteiger partial charge on any atom is -0.450 e. The molecular formula is C20H16N2O4S. The first-order valence-corrected chi connectivity index (χ1v) is 8.93. The number of furan rings is 1. The van der Waals surface area contributed by atoms with E-state index in [1.54, 1.807) is 31.2 Å². The SMILES string of the molecule is Cc1cc(SC#N)ccc1NC(=O)COC(=O)c1oc2ccccc2c1C. The van der Waals surface area contributed by atoms with E-state index in [-0.39, 0.29) is 5.76 Å². The molecule has 0 aliphatic rings. The maximum atomic E-state index is 12.2. The highest BCUT2D eigenvalue weighted by Gasteiger charge is 2.20. The van der Waals surface area contributed by atoms with Crippen molar-refractivity contribution in [2.24, 2.45) is 0 Å². The van der Waals surface area contributed by atoms with Crippen molar-refractivity contribution in [2.75, 3.05) is 11.9 Å².